The molecule has 0 atom stereocenters. The highest BCUT2D eigenvalue weighted by Crippen LogP contribution is 2.46. The van der Waals surface area contributed by atoms with Gasteiger partial charge in [0.1, 0.15) is 5.58 Å². The summed E-state index contributed by atoms with van der Waals surface area (Å²) in [5.41, 5.74) is 20.2. The number of fused-ring (bicyclic) bond motifs is 17. The third kappa shape index (κ3) is 6.22. The van der Waals surface area contributed by atoms with Gasteiger partial charge in [-0.2, -0.15) is 0 Å². The normalized spacial score (nSPS) is 12.2. The zero-order valence-electron chi connectivity index (χ0n) is 43.0. The van der Waals surface area contributed by atoms with E-state index in [1.807, 2.05) is 11.3 Å². The Kier molecular flexibility index (Phi) is 9.04. The van der Waals surface area contributed by atoms with Gasteiger partial charge in [0, 0.05) is 81.3 Å². The first kappa shape index (κ1) is 43.7. The highest BCUT2D eigenvalue weighted by molar-refractivity contribution is 7.26. The first-order valence-electron chi connectivity index (χ1n) is 27.3. The molecule has 0 saturated heterocycles. The highest BCUT2D eigenvalue weighted by atomic mass is 32.1. The van der Waals surface area contributed by atoms with Crippen LogP contribution in [0.4, 0.5) is 0 Å². The molecule has 6 heteroatoms. The summed E-state index contributed by atoms with van der Waals surface area (Å²) in [5, 5.41) is 12.2. The van der Waals surface area contributed by atoms with Gasteiger partial charge in [-0.05, 0) is 131 Å². The van der Waals surface area contributed by atoms with Crippen LogP contribution in [-0.4, -0.2) is 18.3 Å². The number of benzene rings is 12. The van der Waals surface area contributed by atoms with Crippen LogP contribution in [0.2, 0.25) is 0 Å². The third-order valence-corrected chi connectivity index (χ3v) is 18.1. The van der Waals surface area contributed by atoms with Crippen molar-refractivity contribution in [2.75, 3.05) is 0 Å². The van der Waals surface area contributed by atoms with Crippen LogP contribution in [0, 0.1) is 0 Å². The first-order valence-corrected chi connectivity index (χ1v) is 28.1. The lowest BCUT2D eigenvalue weighted by Crippen LogP contribution is -2.00. The Morgan fingerprint density at radius 3 is 0.850 bits per heavy atom. The number of para-hydroxylation sites is 8. The van der Waals surface area contributed by atoms with E-state index in [9.17, 15) is 0 Å². The standard InChI is InChI=1S/C74H44N4OS/c1-9-25-63-53(17-1)54-18-2-10-26-64(54)75(63)49-37-47(38-50(43-49)76-65-27-11-3-19-55(65)56-20-4-12-28-66(56)76)45-33-35-61-71(41-45)79-73-62-36-34-46(42-72(62)80-74(61)73)48-39-51(77-67-29-13-5-21-57(67)58-22-6-14-30-68(58)77)44-52(40-48)78-69-31-15-7-23-59(69)60-24-8-16-32-70(60)78/h1-44H. The molecule has 0 spiro atoms. The molecule has 0 N–H and O–H groups in total. The Morgan fingerprint density at radius 2 is 0.525 bits per heavy atom. The number of hydrogen-bond acceptors (Lipinski definition) is 2. The minimum absolute atomic E-state index is 0.880. The predicted octanol–water partition coefficient (Wildman–Crippen LogP) is 20.5. The summed E-state index contributed by atoms with van der Waals surface area (Å²) in [6.45, 7) is 0. The van der Waals surface area contributed by atoms with Gasteiger partial charge < -0.3 is 22.7 Å². The molecule has 6 aromatic heterocycles. The summed E-state index contributed by atoms with van der Waals surface area (Å²) in [6.07, 6.45) is 0. The van der Waals surface area contributed by atoms with Crippen LogP contribution in [-0.2, 0) is 0 Å². The van der Waals surface area contributed by atoms with Gasteiger partial charge in [0.25, 0.3) is 0 Å². The van der Waals surface area contributed by atoms with Crippen LogP contribution in [0.25, 0.3) is 164 Å². The molecule has 0 bridgehead atoms. The van der Waals surface area contributed by atoms with Gasteiger partial charge in [-0.3, -0.25) is 0 Å². The maximum atomic E-state index is 7.04. The quantitative estimate of drug-likeness (QED) is 0.163. The predicted molar refractivity (Wildman–Crippen MR) is 337 cm³/mol. The molecule has 80 heavy (non-hydrogen) atoms. The van der Waals surface area contributed by atoms with Crippen LogP contribution < -0.4 is 0 Å². The second kappa shape index (κ2) is 16.6. The van der Waals surface area contributed by atoms with Gasteiger partial charge in [-0.15, -0.1) is 11.3 Å². The molecule has 0 fully saturated rings. The van der Waals surface area contributed by atoms with E-state index in [-0.39, 0.29) is 0 Å². The molecule has 0 aliphatic carbocycles. The molecule has 0 unspecified atom stereocenters. The van der Waals surface area contributed by atoms with Gasteiger partial charge >= 0.3 is 0 Å². The van der Waals surface area contributed by atoms with Gasteiger partial charge in [-0.1, -0.05) is 158 Å². The van der Waals surface area contributed by atoms with E-state index in [0.29, 0.717) is 0 Å². The average Bonchev–Trinajstić information content (AvgIpc) is 4.56. The van der Waals surface area contributed by atoms with E-state index in [2.05, 4.69) is 285 Å². The van der Waals surface area contributed by atoms with E-state index in [4.69, 9.17) is 4.42 Å². The fraction of sp³-hybridized carbons (Fsp3) is 0. The summed E-state index contributed by atoms with van der Waals surface area (Å²) >= 11 is 1.81. The highest BCUT2D eigenvalue weighted by Gasteiger charge is 2.22. The van der Waals surface area contributed by atoms with Crippen LogP contribution in [0.15, 0.2) is 271 Å². The Morgan fingerprint density at radius 1 is 0.237 bits per heavy atom. The topological polar surface area (TPSA) is 32.9 Å². The van der Waals surface area contributed by atoms with E-state index < -0.39 is 0 Å². The van der Waals surface area contributed by atoms with Crippen molar-refractivity contribution in [2.45, 2.75) is 0 Å². The summed E-state index contributed by atoms with van der Waals surface area (Å²) in [4.78, 5) is 0. The van der Waals surface area contributed by atoms with Crippen LogP contribution in [0.5, 0.6) is 0 Å². The average molecular weight is 1040 g/mol. The smallest absolute Gasteiger partial charge is 0.154 e. The molecular weight excluding hydrogens is 993 g/mol. The number of rotatable bonds is 6. The minimum atomic E-state index is 0.880. The van der Waals surface area contributed by atoms with Gasteiger partial charge in [0.2, 0.25) is 0 Å². The first-order chi connectivity index (χ1) is 39.7. The van der Waals surface area contributed by atoms with Crippen molar-refractivity contribution < 1.29 is 4.42 Å². The van der Waals surface area contributed by atoms with E-state index >= 15 is 0 Å². The Bertz CT molecular complexity index is 4810. The van der Waals surface area contributed by atoms with Crippen LogP contribution in [0.3, 0.4) is 0 Å². The molecule has 18 rings (SSSR count). The molecule has 0 radical (unpaired) electrons. The number of nitrogens with zero attached hydrogens (tertiary/aromatic N) is 4. The molecule has 6 heterocycles. The molecular formula is C74H44N4OS. The Labute approximate surface area is 461 Å². The molecule has 12 aromatic carbocycles. The second-order valence-corrected chi connectivity index (χ2v) is 22.3. The van der Waals surface area contributed by atoms with Crippen molar-refractivity contribution >= 4 is 130 Å². The van der Waals surface area contributed by atoms with Gasteiger partial charge in [-0.25, -0.2) is 0 Å². The van der Waals surface area contributed by atoms with E-state index in [0.717, 1.165) is 71.6 Å². The van der Waals surface area contributed by atoms with Crippen molar-refractivity contribution in [1.82, 2.24) is 18.3 Å². The van der Waals surface area contributed by atoms with Crippen molar-refractivity contribution in [2.24, 2.45) is 0 Å². The maximum absolute atomic E-state index is 7.04. The van der Waals surface area contributed by atoms with Crippen molar-refractivity contribution in [3.63, 3.8) is 0 Å². The molecule has 5 nitrogen and oxygen atoms in total. The zero-order chi connectivity index (χ0) is 52.2. The number of hydrogen-bond donors (Lipinski definition) is 0. The molecule has 372 valence electrons. The molecule has 0 aliphatic rings. The fourth-order valence-corrected chi connectivity index (χ4v) is 14.7. The largest absolute Gasteiger partial charge is 0.454 e. The summed E-state index contributed by atoms with van der Waals surface area (Å²) < 4.78 is 19.1. The monoisotopic (exact) mass is 1040 g/mol. The zero-order valence-corrected chi connectivity index (χ0v) is 43.8. The molecule has 0 saturated carbocycles. The van der Waals surface area contributed by atoms with E-state index in [1.165, 1.54) is 91.9 Å². The van der Waals surface area contributed by atoms with Crippen molar-refractivity contribution in [1.29, 1.82) is 0 Å². The molecule has 0 aliphatic heterocycles. The lowest BCUT2D eigenvalue weighted by Gasteiger charge is -2.16. The SMILES string of the molecule is c1ccc2c(c1)c1ccccc1n2-c1cc(-c2ccc3c(c2)oc2c4ccc(-c5cc(-n6c7ccccc7c7ccccc76)cc(-n6c7ccccc7c7ccccc76)c5)cc4sc32)cc(-n2c3ccccc3c3ccccc32)c1. The van der Waals surface area contributed by atoms with E-state index in [1.54, 1.807) is 0 Å². The lowest BCUT2D eigenvalue weighted by molar-refractivity contribution is 0.673. The summed E-state index contributed by atoms with van der Waals surface area (Å²) in [5.74, 6) is 0. The molecule has 18 aromatic rings. The third-order valence-electron chi connectivity index (χ3n) is 16.9. The number of thiophene rings is 1. The van der Waals surface area contributed by atoms with Crippen molar-refractivity contribution in [3.8, 4) is 45.0 Å². The lowest BCUT2D eigenvalue weighted by atomic mass is 10.0. The minimum Gasteiger partial charge on any atom is -0.454 e. The van der Waals surface area contributed by atoms with Crippen LogP contribution >= 0.6 is 11.3 Å². The van der Waals surface area contributed by atoms with Crippen LogP contribution in [0.1, 0.15) is 0 Å². The summed E-state index contributed by atoms with van der Waals surface area (Å²) in [6, 6.07) is 98.1. The fourth-order valence-electron chi connectivity index (χ4n) is 13.5. The maximum Gasteiger partial charge on any atom is 0.154 e. The van der Waals surface area contributed by atoms with Gasteiger partial charge in [0.15, 0.2) is 5.58 Å². The second-order valence-electron chi connectivity index (χ2n) is 21.2. The number of furan rings is 1. The molecule has 0 amide bonds. The van der Waals surface area contributed by atoms with Crippen molar-refractivity contribution in [3.05, 3.63) is 267 Å². The number of aromatic nitrogens is 4. The van der Waals surface area contributed by atoms with Gasteiger partial charge in [0.05, 0.1) is 48.8 Å². The Balaban J connectivity index is 0.805. The summed E-state index contributed by atoms with van der Waals surface area (Å²) in [7, 11) is 0. The Hall–Kier alpha value is -10.4.